The van der Waals surface area contributed by atoms with Crippen LogP contribution in [0.4, 0.5) is 4.39 Å². The zero-order valence-corrected chi connectivity index (χ0v) is 11.1. The van der Waals surface area contributed by atoms with Crippen molar-refractivity contribution in [2.45, 2.75) is 0 Å². The summed E-state index contributed by atoms with van der Waals surface area (Å²) in [5, 5.41) is 16.7. The Morgan fingerprint density at radius 1 is 1.18 bits per heavy atom. The Bertz CT molecular complexity index is 1030. The molecule has 108 valence electrons. The van der Waals surface area contributed by atoms with Gasteiger partial charge in [-0.25, -0.2) is 14.2 Å². The fourth-order valence-corrected chi connectivity index (χ4v) is 2.44. The van der Waals surface area contributed by atoms with E-state index in [1.807, 2.05) is 0 Å². The molecule has 6 nitrogen and oxygen atoms in total. The van der Waals surface area contributed by atoms with E-state index in [0.717, 1.165) is 0 Å². The van der Waals surface area contributed by atoms with E-state index in [0.29, 0.717) is 27.9 Å². The number of nitrogens with one attached hydrogen (secondary N) is 2. The second-order valence-electron chi connectivity index (χ2n) is 4.86. The number of aromatic amines is 2. The Kier molecular flexibility index (Phi) is 2.50. The Morgan fingerprint density at radius 2 is 2.05 bits per heavy atom. The van der Waals surface area contributed by atoms with Crippen LogP contribution in [0.2, 0.25) is 0 Å². The molecule has 0 aliphatic heterocycles. The van der Waals surface area contributed by atoms with Crippen LogP contribution in [0.15, 0.2) is 36.4 Å². The van der Waals surface area contributed by atoms with E-state index in [1.165, 1.54) is 18.2 Å². The van der Waals surface area contributed by atoms with Crippen LogP contribution in [0.3, 0.4) is 0 Å². The summed E-state index contributed by atoms with van der Waals surface area (Å²) in [6.07, 6.45) is 0. The van der Waals surface area contributed by atoms with Gasteiger partial charge in [0, 0.05) is 5.39 Å². The first-order chi connectivity index (χ1) is 10.6. The van der Waals surface area contributed by atoms with E-state index < -0.39 is 11.8 Å². The van der Waals surface area contributed by atoms with Gasteiger partial charge >= 0.3 is 5.97 Å². The maximum Gasteiger partial charge on any atom is 0.335 e. The summed E-state index contributed by atoms with van der Waals surface area (Å²) in [6, 6.07) is 9.28. The fourth-order valence-electron chi connectivity index (χ4n) is 2.44. The van der Waals surface area contributed by atoms with Crippen LogP contribution in [0.5, 0.6) is 0 Å². The largest absolute Gasteiger partial charge is 0.478 e. The highest BCUT2D eigenvalue weighted by Crippen LogP contribution is 2.27. The topological polar surface area (TPSA) is 94.7 Å². The van der Waals surface area contributed by atoms with Crippen LogP contribution < -0.4 is 0 Å². The lowest BCUT2D eigenvalue weighted by Crippen LogP contribution is -1.95. The van der Waals surface area contributed by atoms with Gasteiger partial charge in [0.05, 0.1) is 16.6 Å². The van der Waals surface area contributed by atoms with E-state index in [9.17, 15) is 9.18 Å². The Balaban J connectivity index is 1.97. The predicted molar refractivity (Wildman–Crippen MR) is 78.1 cm³/mol. The number of hydrogen-bond acceptors (Lipinski definition) is 3. The third-order valence-corrected chi connectivity index (χ3v) is 3.50. The first kappa shape index (κ1) is 12.5. The van der Waals surface area contributed by atoms with Crippen LogP contribution in [-0.2, 0) is 0 Å². The second kappa shape index (κ2) is 4.39. The molecule has 0 aliphatic carbocycles. The molecule has 0 saturated heterocycles. The number of carboxylic acids is 1. The average molecular weight is 296 g/mol. The zero-order valence-electron chi connectivity index (χ0n) is 11.1. The van der Waals surface area contributed by atoms with Crippen molar-refractivity contribution in [1.29, 1.82) is 0 Å². The quantitative estimate of drug-likeness (QED) is 0.530. The van der Waals surface area contributed by atoms with Crippen molar-refractivity contribution >= 4 is 27.9 Å². The number of rotatable bonds is 2. The van der Waals surface area contributed by atoms with E-state index >= 15 is 0 Å². The van der Waals surface area contributed by atoms with Gasteiger partial charge in [-0.15, -0.1) is 0 Å². The van der Waals surface area contributed by atoms with Crippen molar-refractivity contribution in [2.75, 3.05) is 0 Å². The van der Waals surface area contributed by atoms with E-state index in [2.05, 4.69) is 20.2 Å². The van der Waals surface area contributed by atoms with E-state index in [1.54, 1.807) is 18.2 Å². The summed E-state index contributed by atoms with van der Waals surface area (Å²) in [5.74, 6) is -1.07. The number of carboxylic acid groups (broad SMARTS) is 1. The molecule has 0 spiro atoms. The van der Waals surface area contributed by atoms with Crippen LogP contribution in [-0.4, -0.2) is 31.2 Å². The van der Waals surface area contributed by atoms with Gasteiger partial charge in [-0.1, -0.05) is 6.07 Å². The Labute approximate surface area is 122 Å². The molecule has 0 atom stereocenters. The van der Waals surface area contributed by atoms with Crippen LogP contribution in [0.1, 0.15) is 10.4 Å². The molecule has 0 radical (unpaired) electrons. The van der Waals surface area contributed by atoms with Crippen molar-refractivity contribution in [3.8, 4) is 11.5 Å². The van der Waals surface area contributed by atoms with Gasteiger partial charge < -0.3 is 10.1 Å². The molecule has 0 amide bonds. The minimum absolute atomic E-state index is 0.150. The monoisotopic (exact) mass is 296 g/mol. The Hall–Kier alpha value is -3.22. The molecule has 3 N–H and O–H groups in total. The first-order valence-electron chi connectivity index (χ1n) is 6.49. The second-order valence-corrected chi connectivity index (χ2v) is 4.86. The molecule has 2 aromatic carbocycles. The number of para-hydroxylation sites is 1. The number of aromatic carboxylic acids is 1. The number of aromatic nitrogens is 4. The van der Waals surface area contributed by atoms with Crippen LogP contribution in [0, 0.1) is 5.82 Å². The molecule has 4 aromatic rings. The lowest BCUT2D eigenvalue weighted by atomic mass is 10.1. The minimum Gasteiger partial charge on any atom is -0.478 e. The van der Waals surface area contributed by atoms with Crippen molar-refractivity contribution in [3.05, 3.63) is 47.8 Å². The number of carbonyl (C=O) groups is 1. The van der Waals surface area contributed by atoms with E-state index in [4.69, 9.17) is 5.11 Å². The molecule has 7 heteroatoms. The van der Waals surface area contributed by atoms with Gasteiger partial charge in [0.2, 0.25) is 0 Å². The first-order valence-corrected chi connectivity index (χ1v) is 6.49. The van der Waals surface area contributed by atoms with Gasteiger partial charge in [0.15, 0.2) is 11.6 Å². The molecule has 22 heavy (non-hydrogen) atoms. The number of imidazole rings is 1. The summed E-state index contributed by atoms with van der Waals surface area (Å²) in [7, 11) is 0. The fraction of sp³-hybridized carbons (Fsp3) is 0. The zero-order chi connectivity index (χ0) is 15.3. The highest BCUT2D eigenvalue weighted by molar-refractivity contribution is 5.98. The van der Waals surface area contributed by atoms with Gasteiger partial charge in [0.1, 0.15) is 11.2 Å². The summed E-state index contributed by atoms with van der Waals surface area (Å²) in [5.41, 5.74) is 2.07. The van der Waals surface area contributed by atoms with Crippen LogP contribution >= 0.6 is 0 Å². The highest BCUT2D eigenvalue weighted by atomic mass is 19.1. The van der Waals surface area contributed by atoms with Crippen molar-refractivity contribution < 1.29 is 14.3 Å². The molecule has 0 unspecified atom stereocenters. The molecular formula is C15H9FN4O2. The number of H-pyrrole nitrogens is 2. The normalized spacial score (nSPS) is 11.3. The lowest BCUT2D eigenvalue weighted by molar-refractivity contribution is 0.0697. The van der Waals surface area contributed by atoms with Gasteiger partial charge in [-0.3, -0.25) is 5.10 Å². The average Bonchev–Trinajstić information content (AvgIpc) is 3.10. The van der Waals surface area contributed by atoms with Crippen molar-refractivity contribution in [1.82, 2.24) is 20.2 Å². The third kappa shape index (κ3) is 1.76. The van der Waals surface area contributed by atoms with Crippen molar-refractivity contribution in [3.63, 3.8) is 0 Å². The summed E-state index contributed by atoms with van der Waals surface area (Å²) >= 11 is 0. The van der Waals surface area contributed by atoms with Crippen LogP contribution in [0.25, 0.3) is 33.5 Å². The van der Waals surface area contributed by atoms with Gasteiger partial charge in [0.25, 0.3) is 0 Å². The molecule has 2 aromatic heterocycles. The number of benzene rings is 2. The Morgan fingerprint density at radius 3 is 2.82 bits per heavy atom. The summed E-state index contributed by atoms with van der Waals surface area (Å²) in [6.45, 7) is 0. The lowest BCUT2D eigenvalue weighted by Gasteiger charge is -1.95. The molecule has 0 fully saturated rings. The minimum atomic E-state index is -1.02. The molecule has 4 rings (SSSR count). The molecule has 0 aliphatic rings. The molecule has 2 heterocycles. The number of hydrogen-bond donors (Lipinski definition) is 3. The predicted octanol–water partition coefficient (Wildman–Crippen LogP) is 2.94. The number of halogens is 1. The standard InChI is InChI=1S/C15H9FN4O2/c16-9-2-1-3-11-13(9)18-14(17-11)12-8-6-7(15(21)22)4-5-10(8)19-20-12/h1-6H,(H,17,18)(H,19,20)(H,21,22). The van der Waals surface area contributed by atoms with Crippen molar-refractivity contribution in [2.24, 2.45) is 0 Å². The maximum absolute atomic E-state index is 13.7. The highest BCUT2D eigenvalue weighted by Gasteiger charge is 2.15. The third-order valence-electron chi connectivity index (χ3n) is 3.50. The maximum atomic E-state index is 13.7. The smallest absolute Gasteiger partial charge is 0.335 e. The van der Waals surface area contributed by atoms with Gasteiger partial charge in [-0.05, 0) is 30.3 Å². The summed E-state index contributed by atoms with van der Waals surface area (Å²) in [4.78, 5) is 18.3. The van der Waals surface area contributed by atoms with E-state index in [-0.39, 0.29) is 11.1 Å². The molecule has 0 saturated carbocycles. The number of fused-ring (bicyclic) bond motifs is 2. The molecule has 0 bridgehead atoms. The summed E-state index contributed by atoms with van der Waals surface area (Å²) < 4.78 is 13.7. The number of nitrogens with zero attached hydrogens (tertiary/aromatic N) is 2. The molecular weight excluding hydrogens is 287 g/mol. The van der Waals surface area contributed by atoms with Gasteiger partial charge in [-0.2, -0.15) is 5.10 Å². The SMILES string of the molecule is O=C(O)c1ccc2[nH]nc(-c3nc4c(F)cccc4[nH]3)c2c1.